The summed E-state index contributed by atoms with van der Waals surface area (Å²) in [7, 11) is 1.51. The lowest BCUT2D eigenvalue weighted by molar-refractivity contribution is 0.381. The van der Waals surface area contributed by atoms with Gasteiger partial charge in [-0.2, -0.15) is 9.90 Å². The molecule has 1 aromatic rings. The fraction of sp³-hybridized carbons (Fsp3) is 0.636. The molecule has 1 heterocycles. The molecule has 0 aromatic carbocycles. The summed E-state index contributed by atoms with van der Waals surface area (Å²) in [5, 5.41) is 18.5. The lowest BCUT2D eigenvalue weighted by atomic mass is 10.2. The highest BCUT2D eigenvalue weighted by Crippen LogP contribution is 2.02. The number of nitrogens with zero attached hydrogens (tertiary/aromatic N) is 4. The first kappa shape index (κ1) is 14.9. The summed E-state index contributed by atoms with van der Waals surface area (Å²) in [4.78, 5) is 5.60. The molecule has 0 aliphatic carbocycles. The van der Waals surface area contributed by atoms with E-state index in [1.165, 1.54) is 7.11 Å². The molecule has 4 N–H and O–H groups in total. The highest BCUT2D eigenvalue weighted by Gasteiger charge is 2.02. The van der Waals surface area contributed by atoms with E-state index in [0.29, 0.717) is 37.2 Å². The summed E-state index contributed by atoms with van der Waals surface area (Å²) in [6.45, 7) is 3.23. The molecule has 8 nitrogen and oxygen atoms in total. The van der Waals surface area contributed by atoms with Gasteiger partial charge in [0.1, 0.15) is 0 Å². The second kappa shape index (κ2) is 8.06. The smallest absolute Gasteiger partial charge is 0.194 e. The first-order valence-electron chi connectivity index (χ1n) is 6.24. The second-order valence-corrected chi connectivity index (χ2v) is 3.89. The molecule has 19 heavy (non-hydrogen) atoms. The monoisotopic (exact) mass is 267 g/mol. The predicted molar refractivity (Wildman–Crippen MR) is 74.4 cm³/mol. The Balaban J connectivity index is 2.31. The topological polar surface area (TPSA) is 114 Å². The highest BCUT2D eigenvalue weighted by atomic mass is 16.5. The van der Waals surface area contributed by atoms with Crippen LogP contribution in [0.5, 0.6) is 0 Å². The van der Waals surface area contributed by atoms with Gasteiger partial charge in [0.05, 0.1) is 19.9 Å². The summed E-state index contributed by atoms with van der Waals surface area (Å²) in [5.41, 5.74) is 5.62. The van der Waals surface area contributed by atoms with Crippen molar-refractivity contribution in [1.82, 2.24) is 15.0 Å². The zero-order valence-electron chi connectivity index (χ0n) is 11.4. The second-order valence-electron chi connectivity index (χ2n) is 3.89. The molecule has 0 radical (unpaired) electrons. The van der Waals surface area contributed by atoms with Crippen LogP contribution in [0.2, 0.25) is 0 Å². The van der Waals surface area contributed by atoms with Gasteiger partial charge in [-0.25, -0.2) is 0 Å². The van der Waals surface area contributed by atoms with Crippen LogP contribution >= 0.6 is 0 Å². The van der Waals surface area contributed by atoms with Crippen LogP contribution in [0.4, 0.5) is 5.82 Å². The summed E-state index contributed by atoms with van der Waals surface area (Å²) in [6, 6.07) is 0. The standard InChI is InChI=1S/C11H21N7O/c1-3-14-11(13)16-10-8-15-18(17-10)7-5-4-6-9(12)19-2/h8,12H,3-7H2,1-2H3,(H3,13,14,16,17). The largest absolute Gasteiger partial charge is 0.484 e. The minimum Gasteiger partial charge on any atom is -0.484 e. The molecule has 0 aliphatic rings. The van der Waals surface area contributed by atoms with Crippen molar-refractivity contribution in [3.05, 3.63) is 6.20 Å². The Hall–Kier alpha value is -2.12. The average Bonchev–Trinajstić information content (AvgIpc) is 2.82. The minimum atomic E-state index is 0.305. The molecule has 0 unspecified atom stereocenters. The molecule has 0 fully saturated rings. The van der Waals surface area contributed by atoms with Gasteiger partial charge in [-0.15, -0.1) is 5.10 Å². The first-order valence-corrected chi connectivity index (χ1v) is 6.24. The van der Waals surface area contributed by atoms with Gasteiger partial charge in [-0.1, -0.05) is 0 Å². The number of hydrogen-bond donors (Lipinski definition) is 3. The molecule has 1 rings (SSSR count). The Morgan fingerprint density at radius 2 is 2.37 bits per heavy atom. The Morgan fingerprint density at radius 3 is 3.05 bits per heavy atom. The fourth-order valence-corrected chi connectivity index (χ4v) is 1.44. The van der Waals surface area contributed by atoms with Crippen molar-refractivity contribution in [2.45, 2.75) is 32.7 Å². The number of aromatic nitrogens is 3. The quantitative estimate of drug-likeness (QED) is 0.384. The van der Waals surface area contributed by atoms with E-state index < -0.39 is 0 Å². The Kier molecular flexibility index (Phi) is 6.34. The van der Waals surface area contributed by atoms with Gasteiger partial charge < -0.3 is 15.8 Å². The van der Waals surface area contributed by atoms with Gasteiger partial charge in [-0.3, -0.25) is 10.4 Å². The van der Waals surface area contributed by atoms with Crippen LogP contribution in [0.3, 0.4) is 0 Å². The van der Waals surface area contributed by atoms with Crippen molar-refractivity contribution in [2.24, 2.45) is 10.7 Å². The van der Waals surface area contributed by atoms with Crippen LogP contribution in [-0.2, 0) is 11.3 Å². The van der Waals surface area contributed by atoms with E-state index >= 15 is 0 Å². The van der Waals surface area contributed by atoms with Crippen molar-refractivity contribution in [1.29, 1.82) is 5.41 Å². The summed E-state index contributed by atoms with van der Waals surface area (Å²) in [6.07, 6.45) is 4.00. The third-order valence-corrected chi connectivity index (χ3v) is 2.38. The SMILES string of the molecule is CCN=C(N)Nc1cnn(CCCCC(=N)OC)n1. The maximum atomic E-state index is 7.34. The predicted octanol–water partition coefficient (Wildman–Crippen LogP) is 0.819. The number of ether oxygens (including phenoxy) is 1. The van der Waals surface area contributed by atoms with E-state index in [0.717, 1.165) is 12.8 Å². The van der Waals surface area contributed by atoms with Gasteiger partial charge in [-0.05, 0) is 19.8 Å². The first-order chi connectivity index (χ1) is 9.15. The van der Waals surface area contributed by atoms with Gasteiger partial charge in [0.25, 0.3) is 0 Å². The summed E-state index contributed by atoms with van der Waals surface area (Å²) >= 11 is 0. The molecular weight excluding hydrogens is 246 g/mol. The number of methoxy groups -OCH3 is 1. The van der Waals surface area contributed by atoms with Crippen LogP contribution in [0.15, 0.2) is 11.2 Å². The number of nitrogens with two attached hydrogens (primary N) is 1. The van der Waals surface area contributed by atoms with Crippen molar-refractivity contribution in [3.8, 4) is 0 Å². The third-order valence-electron chi connectivity index (χ3n) is 2.38. The number of unbranched alkanes of at least 4 members (excludes halogenated alkanes) is 1. The molecule has 0 saturated carbocycles. The maximum absolute atomic E-state index is 7.34. The van der Waals surface area contributed by atoms with E-state index in [2.05, 4.69) is 20.5 Å². The van der Waals surface area contributed by atoms with Crippen molar-refractivity contribution in [2.75, 3.05) is 19.0 Å². The molecule has 0 aliphatic heterocycles. The fourth-order valence-electron chi connectivity index (χ4n) is 1.44. The van der Waals surface area contributed by atoms with Crippen LogP contribution in [0.25, 0.3) is 0 Å². The van der Waals surface area contributed by atoms with E-state index in [4.69, 9.17) is 15.9 Å². The molecule has 0 spiro atoms. The van der Waals surface area contributed by atoms with Gasteiger partial charge >= 0.3 is 0 Å². The average molecular weight is 267 g/mol. The third kappa shape index (κ3) is 5.84. The zero-order valence-corrected chi connectivity index (χ0v) is 11.4. The molecule has 106 valence electrons. The summed E-state index contributed by atoms with van der Waals surface area (Å²) < 4.78 is 4.78. The Bertz CT molecular complexity index is 426. The van der Waals surface area contributed by atoms with Crippen LogP contribution in [0.1, 0.15) is 26.2 Å². The number of hydrogen-bond acceptors (Lipinski definition) is 5. The number of aliphatic imine (C=N–C) groups is 1. The maximum Gasteiger partial charge on any atom is 0.194 e. The molecule has 0 saturated heterocycles. The number of nitrogens with one attached hydrogen (secondary N) is 2. The molecule has 0 bridgehead atoms. The molecule has 0 atom stereocenters. The number of anilines is 1. The number of rotatable bonds is 7. The van der Waals surface area contributed by atoms with Crippen molar-refractivity contribution >= 4 is 17.7 Å². The van der Waals surface area contributed by atoms with Crippen molar-refractivity contribution in [3.63, 3.8) is 0 Å². The molecule has 8 heteroatoms. The van der Waals surface area contributed by atoms with Crippen molar-refractivity contribution < 1.29 is 4.74 Å². The lowest BCUT2D eigenvalue weighted by Gasteiger charge is -2.02. The van der Waals surface area contributed by atoms with E-state index in [-0.39, 0.29) is 0 Å². The number of guanidine groups is 1. The molecule has 1 aromatic heterocycles. The Labute approximate surface area is 112 Å². The zero-order chi connectivity index (χ0) is 14.1. The summed E-state index contributed by atoms with van der Waals surface area (Å²) in [5.74, 6) is 1.22. The van der Waals surface area contributed by atoms with Crippen LogP contribution < -0.4 is 11.1 Å². The van der Waals surface area contributed by atoms with Gasteiger partial charge in [0.2, 0.25) is 0 Å². The normalized spacial score (nSPS) is 11.4. The van der Waals surface area contributed by atoms with E-state index in [1.54, 1.807) is 11.0 Å². The number of aryl methyl sites for hydroxylation is 1. The van der Waals surface area contributed by atoms with Crippen LogP contribution in [0, 0.1) is 5.41 Å². The minimum absolute atomic E-state index is 0.305. The van der Waals surface area contributed by atoms with Crippen LogP contribution in [-0.4, -0.2) is 40.5 Å². The Morgan fingerprint density at radius 1 is 1.58 bits per heavy atom. The lowest BCUT2D eigenvalue weighted by Crippen LogP contribution is -2.23. The molecular formula is C11H21N7O. The van der Waals surface area contributed by atoms with Gasteiger partial charge in [0, 0.05) is 13.0 Å². The van der Waals surface area contributed by atoms with E-state index in [9.17, 15) is 0 Å². The molecule has 0 amide bonds. The highest BCUT2D eigenvalue weighted by molar-refractivity contribution is 5.91. The van der Waals surface area contributed by atoms with Gasteiger partial charge in [0.15, 0.2) is 17.7 Å². The van der Waals surface area contributed by atoms with E-state index in [1.807, 2.05) is 6.92 Å².